The second-order valence-electron chi connectivity index (χ2n) is 6.82. The molecule has 0 heterocycles. The van der Waals surface area contributed by atoms with Crippen LogP contribution < -0.4 is 10.1 Å². The highest BCUT2D eigenvalue weighted by Gasteiger charge is 2.42. The van der Waals surface area contributed by atoms with Crippen molar-refractivity contribution in [2.45, 2.75) is 45.5 Å². The van der Waals surface area contributed by atoms with Gasteiger partial charge in [-0.15, -0.1) is 0 Å². The second-order valence-corrected chi connectivity index (χ2v) is 6.82. The van der Waals surface area contributed by atoms with E-state index in [0.29, 0.717) is 0 Å². The minimum Gasteiger partial charge on any atom is -0.464 e. The van der Waals surface area contributed by atoms with E-state index in [2.05, 4.69) is 4.74 Å². The lowest BCUT2D eigenvalue weighted by molar-refractivity contribution is -0.175. The van der Waals surface area contributed by atoms with Crippen molar-refractivity contribution < 1.29 is 46.2 Å². The van der Waals surface area contributed by atoms with Crippen molar-refractivity contribution in [1.82, 2.24) is 5.32 Å². The number of ether oxygens (including phenoxy) is 3. The molecule has 0 aliphatic rings. The number of halogens is 4. The number of carbonyl (C=O) groups excluding carboxylic acids is 3. The molecule has 0 aliphatic carbocycles. The van der Waals surface area contributed by atoms with E-state index in [1.165, 1.54) is 30.4 Å². The highest BCUT2D eigenvalue weighted by atomic mass is 19.4. The van der Waals surface area contributed by atoms with Crippen LogP contribution in [0.4, 0.5) is 22.4 Å². The number of rotatable bonds is 6. The maximum absolute atomic E-state index is 13.6. The zero-order valence-electron chi connectivity index (χ0n) is 16.6. The fraction of sp³-hybridized carbons (Fsp3) is 0.421. The van der Waals surface area contributed by atoms with Gasteiger partial charge in [0, 0.05) is 5.57 Å². The van der Waals surface area contributed by atoms with Gasteiger partial charge < -0.3 is 19.5 Å². The third kappa shape index (κ3) is 7.72. The van der Waals surface area contributed by atoms with Crippen molar-refractivity contribution in [3.8, 4) is 5.75 Å². The van der Waals surface area contributed by atoms with Gasteiger partial charge in [0.25, 0.3) is 0 Å². The number of alkyl halides is 3. The Morgan fingerprint density at radius 2 is 1.80 bits per heavy atom. The summed E-state index contributed by atoms with van der Waals surface area (Å²) < 4.78 is 66.1. The summed E-state index contributed by atoms with van der Waals surface area (Å²) in [6.45, 7) is 5.96. The van der Waals surface area contributed by atoms with Gasteiger partial charge in [-0.25, -0.2) is 14.0 Å². The fourth-order valence-electron chi connectivity index (χ4n) is 2.10. The van der Waals surface area contributed by atoms with Crippen LogP contribution in [-0.4, -0.2) is 42.5 Å². The molecule has 1 atom stereocenters. The van der Waals surface area contributed by atoms with Gasteiger partial charge in [0.2, 0.25) is 0 Å². The lowest BCUT2D eigenvalue weighted by Gasteiger charge is -2.21. The van der Waals surface area contributed by atoms with E-state index in [1.54, 1.807) is 20.8 Å². The van der Waals surface area contributed by atoms with Crippen LogP contribution in [0.25, 0.3) is 5.57 Å². The van der Waals surface area contributed by atoms with Crippen LogP contribution in [-0.2, 0) is 19.1 Å². The average Bonchev–Trinajstić information content (AvgIpc) is 2.59. The molecule has 11 heteroatoms. The molecule has 0 aliphatic heterocycles. The molecule has 0 saturated carbocycles. The van der Waals surface area contributed by atoms with Crippen molar-refractivity contribution in [3.05, 3.63) is 36.2 Å². The van der Waals surface area contributed by atoms with Gasteiger partial charge in [0.1, 0.15) is 11.4 Å². The van der Waals surface area contributed by atoms with Crippen LogP contribution in [0.1, 0.15) is 33.3 Å². The third-order valence-electron chi connectivity index (χ3n) is 3.24. The molecule has 7 nitrogen and oxygen atoms in total. The van der Waals surface area contributed by atoms with Gasteiger partial charge in [-0.05, 0) is 45.4 Å². The number of amides is 1. The van der Waals surface area contributed by atoms with Crippen molar-refractivity contribution in [1.29, 1.82) is 0 Å². The summed E-state index contributed by atoms with van der Waals surface area (Å²) in [6, 6.07) is 2.82. The molecule has 0 bridgehead atoms. The molecule has 166 valence electrons. The number of nitrogens with one attached hydrogen (secondary N) is 1. The van der Waals surface area contributed by atoms with Crippen LogP contribution in [0.15, 0.2) is 30.6 Å². The van der Waals surface area contributed by atoms with Crippen LogP contribution in [0.2, 0.25) is 0 Å². The van der Waals surface area contributed by atoms with Crippen LogP contribution in [0.5, 0.6) is 5.75 Å². The van der Waals surface area contributed by atoms with Gasteiger partial charge in [0.05, 0.1) is 12.9 Å². The van der Waals surface area contributed by atoms with E-state index in [1.807, 2.05) is 0 Å². The monoisotopic (exact) mass is 435 g/mol. The smallest absolute Gasteiger partial charge is 0.464 e. The molecule has 0 saturated heterocycles. The van der Waals surface area contributed by atoms with Crippen molar-refractivity contribution in [3.63, 3.8) is 0 Å². The predicted octanol–water partition coefficient (Wildman–Crippen LogP) is 3.92. The Bertz CT molecular complexity index is 814. The Balaban J connectivity index is 3.21. The number of hydrogen-bond donors (Lipinski definition) is 1. The van der Waals surface area contributed by atoms with Gasteiger partial charge >= 0.3 is 24.2 Å². The third-order valence-corrected chi connectivity index (χ3v) is 3.24. The molecule has 0 spiro atoms. The minimum absolute atomic E-state index is 0.133. The van der Waals surface area contributed by atoms with E-state index in [-0.39, 0.29) is 24.2 Å². The first-order chi connectivity index (χ1) is 13.8. The lowest BCUT2D eigenvalue weighted by atomic mass is 9.99. The Labute approximate surface area is 170 Å². The Kier molecular flexibility index (Phi) is 8.38. The molecule has 1 N–H and O–H groups in total. The summed E-state index contributed by atoms with van der Waals surface area (Å²) in [5, 5.41) is 1.40. The van der Waals surface area contributed by atoms with Gasteiger partial charge in [-0.1, -0.05) is 12.1 Å². The average molecular weight is 435 g/mol. The van der Waals surface area contributed by atoms with Crippen molar-refractivity contribution >= 4 is 23.6 Å². The van der Waals surface area contributed by atoms with Gasteiger partial charge in [0.15, 0.2) is 6.04 Å². The molecule has 0 radical (unpaired) electrons. The van der Waals surface area contributed by atoms with Crippen LogP contribution in [0, 0.1) is 0 Å². The predicted molar refractivity (Wildman–Crippen MR) is 97.0 cm³/mol. The topological polar surface area (TPSA) is 90.9 Å². The molecular weight excluding hydrogens is 414 g/mol. The summed E-state index contributed by atoms with van der Waals surface area (Å²) in [4.78, 5) is 35.2. The SMILES string of the molecule is CCOC(=O)C(NC(=O)C(F)(F)F)/C(=C/F)c1cccc(OC(=O)OC(C)(C)C)c1. The molecule has 1 amide bonds. The molecular formula is C19H21F4NO6. The number of hydrogen-bond acceptors (Lipinski definition) is 6. The van der Waals surface area contributed by atoms with Crippen molar-refractivity contribution in [2.75, 3.05) is 6.61 Å². The second kappa shape index (κ2) is 10.1. The summed E-state index contributed by atoms with van der Waals surface area (Å²) >= 11 is 0. The first-order valence-electron chi connectivity index (χ1n) is 8.64. The number of carbonyl (C=O) groups is 3. The largest absolute Gasteiger partial charge is 0.514 e. The summed E-state index contributed by atoms with van der Waals surface area (Å²) in [6.07, 6.45) is -6.53. The lowest BCUT2D eigenvalue weighted by Crippen LogP contribution is -2.48. The summed E-state index contributed by atoms with van der Waals surface area (Å²) in [7, 11) is 0. The molecule has 0 aromatic heterocycles. The Morgan fingerprint density at radius 1 is 1.17 bits per heavy atom. The quantitative estimate of drug-likeness (QED) is 0.414. The Hall–Kier alpha value is -3.11. The zero-order valence-corrected chi connectivity index (χ0v) is 16.6. The van der Waals surface area contributed by atoms with E-state index in [9.17, 15) is 31.9 Å². The maximum Gasteiger partial charge on any atom is 0.514 e. The standard InChI is InChI=1S/C19H21F4NO6/c1-5-28-15(25)14(24-16(26)19(21,22)23)13(10-20)11-7-6-8-12(9-11)29-17(27)30-18(2,3)4/h6-10,14H,5H2,1-4H3,(H,24,26)/b13-10+. The first-order valence-corrected chi connectivity index (χ1v) is 8.64. The van der Waals surface area contributed by atoms with E-state index in [0.717, 1.165) is 6.07 Å². The van der Waals surface area contributed by atoms with E-state index < -0.39 is 41.4 Å². The molecule has 30 heavy (non-hydrogen) atoms. The normalized spacial score (nSPS) is 13.3. The molecule has 1 unspecified atom stereocenters. The summed E-state index contributed by atoms with van der Waals surface area (Å²) in [5.74, 6) is -3.90. The molecule has 1 aromatic carbocycles. The molecule has 1 aromatic rings. The fourth-order valence-corrected chi connectivity index (χ4v) is 2.10. The highest BCUT2D eigenvalue weighted by molar-refractivity contribution is 5.97. The molecule has 0 fully saturated rings. The van der Waals surface area contributed by atoms with Crippen LogP contribution >= 0.6 is 0 Å². The van der Waals surface area contributed by atoms with E-state index in [4.69, 9.17) is 9.47 Å². The van der Waals surface area contributed by atoms with Gasteiger partial charge in [-0.3, -0.25) is 4.79 Å². The van der Waals surface area contributed by atoms with Crippen molar-refractivity contribution in [2.24, 2.45) is 0 Å². The number of esters is 1. The van der Waals surface area contributed by atoms with Gasteiger partial charge in [-0.2, -0.15) is 13.2 Å². The molecule has 1 rings (SSSR count). The zero-order chi connectivity index (χ0) is 23.1. The first kappa shape index (κ1) is 24.9. The van der Waals surface area contributed by atoms with E-state index >= 15 is 0 Å². The minimum atomic E-state index is -5.31. The highest BCUT2D eigenvalue weighted by Crippen LogP contribution is 2.26. The number of benzene rings is 1. The Morgan fingerprint density at radius 3 is 2.30 bits per heavy atom. The van der Waals surface area contributed by atoms with Crippen LogP contribution in [0.3, 0.4) is 0 Å². The maximum atomic E-state index is 13.6. The summed E-state index contributed by atoms with van der Waals surface area (Å²) in [5.41, 5.74) is -1.63.